The van der Waals surface area contributed by atoms with Crippen LogP contribution in [0.3, 0.4) is 0 Å². The molecule has 1 atom stereocenters. The van der Waals surface area contributed by atoms with Gasteiger partial charge in [-0.05, 0) is 30.6 Å². The highest BCUT2D eigenvalue weighted by Crippen LogP contribution is 2.37. The fraction of sp³-hybridized carbons (Fsp3) is 0.800. The summed E-state index contributed by atoms with van der Waals surface area (Å²) >= 11 is 0. The van der Waals surface area contributed by atoms with E-state index in [2.05, 4.69) is 53.1 Å². The quantitative estimate of drug-likeness (QED) is 0.340. The average Bonchev–Trinajstić information content (AvgIpc) is 2.16. The molecular weight excluding hydrogens is 224 g/mol. The molecule has 0 fully saturated rings. The molecule has 0 aliphatic carbocycles. The molecule has 0 rings (SSSR count). The van der Waals surface area contributed by atoms with Gasteiger partial charge in [0.25, 0.3) is 0 Å². The third kappa shape index (κ3) is 6.26. The third-order valence-electron chi connectivity index (χ3n) is 3.65. The van der Waals surface area contributed by atoms with Crippen molar-refractivity contribution in [1.82, 2.24) is 0 Å². The molecule has 100 valence electrons. The van der Waals surface area contributed by atoms with Crippen LogP contribution in [0.4, 0.5) is 0 Å². The van der Waals surface area contributed by atoms with E-state index in [9.17, 15) is 0 Å². The van der Waals surface area contributed by atoms with Gasteiger partial charge in [-0.15, -0.1) is 5.73 Å². The van der Waals surface area contributed by atoms with Crippen molar-refractivity contribution < 1.29 is 4.43 Å². The van der Waals surface area contributed by atoms with E-state index in [1.807, 2.05) is 6.08 Å². The van der Waals surface area contributed by atoms with Crippen molar-refractivity contribution in [3.05, 3.63) is 18.4 Å². The zero-order chi connectivity index (χ0) is 13.5. The monoisotopic (exact) mass is 254 g/mol. The minimum Gasteiger partial charge on any atom is -0.410 e. The lowest BCUT2D eigenvalue weighted by Crippen LogP contribution is -2.43. The summed E-state index contributed by atoms with van der Waals surface area (Å²) in [6.07, 6.45) is 7.07. The third-order valence-corrected chi connectivity index (χ3v) is 8.15. The van der Waals surface area contributed by atoms with Gasteiger partial charge in [-0.1, -0.05) is 53.5 Å². The van der Waals surface area contributed by atoms with Crippen LogP contribution < -0.4 is 0 Å². The van der Waals surface area contributed by atoms with Crippen molar-refractivity contribution in [2.45, 2.75) is 77.6 Å². The van der Waals surface area contributed by atoms with Gasteiger partial charge in [-0.3, -0.25) is 0 Å². The van der Waals surface area contributed by atoms with Gasteiger partial charge in [-0.25, -0.2) is 0 Å². The van der Waals surface area contributed by atoms with Crippen molar-refractivity contribution >= 4 is 8.32 Å². The van der Waals surface area contributed by atoms with Gasteiger partial charge in [0.1, 0.15) is 0 Å². The maximum atomic E-state index is 6.37. The van der Waals surface area contributed by atoms with E-state index in [1.54, 1.807) is 0 Å². The van der Waals surface area contributed by atoms with Crippen LogP contribution in [0.5, 0.6) is 0 Å². The Kier molecular flexibility index (Phi) is 7.07. The van der Waals surface area contributed by atoms with E-state index in [0.29, 0.717) is 0 Å². The fourth-order valence-corrected chi connectivity index (χ4v) is 2.75. The minimum atomic E-state index is -1.66. The molecule has 0 heterocycles. The van der Waals surface area contributed by atoms with Crippen molar-refractivity contribution in [2.24, 2.45) is 0 Å². The molecule has 0 bridgehead atoms. The van der Waals surface area contributed by atoms with Crippen LogP contribution in [-0.4, -0.2) is 14.4 Å². The molecule has 17 heavy (non-hydrogen) atoms. The molecule has 0 radical (unpaired) electrons. The SMILES string of the molecule is C=C=CC(CCCCC)O[Si](C)(C)C(C)(C)C. The molecule has 0 spiro atoms. The highest BCUT2D eigenvalue weighted by molar-refractivity contribution is 6.74. The van der Waals surface area contributed by atoms with Crippen LogP contribution in [-0.2, 0) is 4.43 Å². The number of hydrogen-bond donors (Lipinski definition) is 0. The lowest BCUT2D eigenvalue weighted by atomic mass is 10.1. The van der Waals surface area contributed by atoms with E-state index in [0.717, 1.165) is 6.42 Å². The molecule has 1 nitrogen and oxygen atoms in total. The van der Waals surface area contributed by atoms with Crippen molar-refractivity contribution in [1.29, 1.82) is 0 Å². The zero-order valence-electron chi connectivity index (χ0n) is 12.6. The highest BCUT2D eigenvalue weighted by atomic mass is 28.4. The summed E-state index contributed by atoms with van der Waals surface area (Å²) in [7, 11) is -1.66. The van der Waals surface area contributed by atoms with Crippen LogP contribution >= 0.6 is 0 Å². The van der Waals surface area contributed by atoms with E-state index < -0.39 is 8.32 Å². The fourth-order valence-electron chi connectivity index (χ4n) is 1.46. The Morgan fingerprint density at radius 2 is 1.88 bits per heavy atom. The molecule has 0 amide bonds. The normalized spacial score (nSPS) is 14.2. The second kappa shape index (κ2) is 7.20. The van der Waals surface area contributed by atoms with E-state index in [1.165, 1.54) is 19.3 Å². The van der Waals surface area contributed by atoms with E-state index in [4.69, 9.17) is 4.43 Å². The highest BCUT2D eigenvalue weighted by Gasteiger charge is 2.38. The van der Waals surface area contributed by atoms with Crippen molar-refractivity contribution in [3.8, 4) is 0 Å². The summed E-state index contributed by atoms with van der Waals surface area (Å²) in [5, 5.41) is 0.269. The van der Waals surface area contributed by atoms with Gasteiger partial charge in [0, 0.05) is 0 Å². The summed E-state index contributed by atoms with van der Waals surface area (Å²) in [6, 6.07) is 0. The van der Waals surface area contributed by atoms with Gasteiger partial charge in [0.2, 0.25) is 0 Å². The molecule has 0 aromatic rings. The summed E-state index contributed by atoms with van der Waals surface area (Å²) in [5.74, 6) is 0. The molecule has 0 aromatic carbocycles. The van der Waals surface area contributed by atoms with Crippen LogP contribution in [0.25, 0.3) is 0 Å². The van der Waals surface area contributed by atoms with Crippen LogP contribution in [0.15, 0.2) is 18.4 Å². The number of hydrogen-bond acceptors (Lipinski definition) is 1. The van der Waals surface area contributed by atoms with Crippen LogP contribution in [0.1, 0.15) is 53.4 Å². The Hall–Kier alpha value is -0.303. The first-order valence-corrected chi connectivity index (χ1v) is 9.69. The Labute approximate surface area is 109 Å². The lowest BCUT2D eigenvalue weighted by Gasteiger charge is -2.38. The smallest absolute Gasteiger partial charge is 0.192 e. The summed E-state index contributed by atoms with van der Waals surface area (Å²) in [6.45, 7) is 17.3. The Balaban J connectivity index is 4.48. The topological polar surface area (TPSA) is 9.23 Å². The van der Waals surface area contributed by atoms with Gasteiger partial charge in [0.05, 0.1) is 6.10 Å². The molecule has 0 N–H and O–H groups in total. The van der Waals surface area contributed by atoms with E-state index >= 15 is 0 Å². The molecular formula is C15H30OSi. The number of rotatable bonds is 7. The Morgan fingerprint density at radius 3 is 2.29 bits per heavy atom. The first-order chi connectivity index (χ1) is 7.74. The maximum Gasteiger partial charge on any atom is 0.192 e. The summed E-state index contributed by atoms with van der Waals surface area (Å²) < 4.78 is 6.37. The molecule has 0 aliphatic heterocycles. The van der Waals surface area contributed by atoms with Gasteiger partial charge >= 0.3 is 0 Å². The van der Waals surface area contributed by atoms with Crippen molar-refractivity contribution in [2.75, 3.05) is 0 Å². The summed E-state index contributed by atoms with van der Waals surface area (Å²) in [4.78, 5) is 0. The maximum absolute atomic E-state index is 6.37. The van der Waals surface area contributed by atoms with Crippen LogP contribution in [0, 0.1) is 0 Å². The molecule has 1 unspecified atom stereocenters. The first kappa shape index (κ1) is 16.7. The van der Waals surface area contributed by atoms with Gasteiger partial charge < -0.3 is 4.43 Å². The molecule has 0 saturated carbocycles. The summed E-state index contributed by atoms with van der Waals surface area (Å²) in [5.41, 5.74) is 2.89. The van der Waals surface area contributed by atoms with Gasteiger partial charge in [0.15, 0.2) is 8.32 Å². The zero-order valence-corrected chi connectivity index (χ0v) is 13.6. The standard InChI is InChI=1S/C15H30OSi/c1-8-10-11-13-14(12-9-2)16-17(6,7)15(3,4)5/h12,14H,2,8,10-11,13H2,1,3-7H3. The predicted octanol–water partition coefficient (Wildman–Crippen LogP) is 5.30. The number of unbranched alkanes of at least 4 members (excludes halogenated alkanes) is 2. The molecule has 2 heteroatoms. The Morgan fingerprint density at radius 1 is 1.29 bits per heavy atom. The second-order valence-electron chi connectivity index (χ2n) is 6.28. The molecule has 0 saturated heterocycles. The minimum absolute atomic E-state index is 0.208. The van der Waals surface area contributed by atoms with Crippen molar-refractivity contribution in [3.63, 3.8) is 0 Å². The second-order valence-corrected chi connectivity index (χ2v) is 11.0. The van der Waals surface area contributed by atoms with Crippen LogP contribution in [0.2, 0.25) is 18.1 Å². The molecule has 0 aliphatic rings. The largest absolute Gasteiger partial charge is 0.410 e. The Bertz CT molecular complexity index is 257. The first-order valence-electron chi connectivity index (χ1n) is 6.78. The average molecular weight is 254 g/mol. The predicted molar refractivity (Wildman–Crippen MR) is 79.9 cm³/mol. The van der Waals surface area contributed by atoms with Gasteiger partial charge in [-0.2, -0.15) is 0 Å². The van der Waals surface area contributed by atoms with E-state index in [-0.39, 0.29) is 11.1 Å². The lowest BCUT2D eigenvalue weighted by molar-refractivity contribution is 0.211. The molecule has 0 aromatic heterocycles.